The lowest BCUT2D eigenvalue weighted by atomic mass is 9.95. The highest BCUT2D eigenvalue weighted by atomic mass is 16.4. The number of rotatable bonds is 15. The third-order valence-electron chi connectivity index (χ3n) is 6.26. The number of hydrogen-bond acceptors (Lipinski definition) is 2. The van der Waals surface area contributed by atoms with Gasteiger partial charge in [-0.3, -0.25) is 0 Å². The monoisotopic (exact) mass is 423 g/mol. The second kappa shape index (κ2) is 14.0. The zero-order valence-corrected chi connectivity index (χ0v) is 19.8. The first kappa shape index (κ1) is 25.1. The molecule has 0 amide bonds. The lowest BCUT2D eigenvalue weighted by molar-refractivity contribution is 0.0691. The van der Waals surface area contributed by atoms with Crippen molar-refractivity contribution in [1.82, 2.24) is 4.98 Å². The molecular weight excluding hydrogens is 382 g/mol. The fourth-order valence-corrected chi connectivity index (χ4v) is 4.04. The summed E-state index contributed by atoms with van der Waals surface area (Å²) < 4.78 is 0. The van der Waals surface area contributed by atoms with Gasteiger partial charge in [0.1, 0.15) is 0 Å². The quantitative estimate of drug-likeness (QED) is 0.294. The van der Waals surface area contributed by atoms with Crippen LogP contribution in [-0.2, 0) is 12.8 Å². The number of carboxylic acids is 1. The van der Waals surface area contributed by atoms with Gasteiger partial charge in [-0.05, 0) is 47.9 Å². The predicted molar refractivity (Wildman–Crippen MR) is 131 cm³/mol. The summed E-state index contributed by atoms with van der Waals surface area (Å²) in [7, 11) is 0. The molecule has 2 aromatic rings. The molecule has 0 aliphatic rings. The van der Waals surface area contributed by atoms with Crippen molar-refractivity contribution in [3.8, 4) is 11.1 Å². The van der Waals surface area contributed by atoms with Gasteiger partial charge in [0, 0.05) is 11.8 Å². The SMILES string of the molecule is CCCCCCCCCCCc1cnc(C(=O)O)c(-c2ccc(C[C@@H](C)CC)cc2)c1. The normalized spacial score (nSPS) is 12.1. The van der Waals surface area contributed by atoms with Crippen LogP contribution >= 0.6 is 0 Å². The molecule has 1 aromatic carbocycles. The van der Waals surface area contributed by atoms with E-state index in [-0.39, 0.29) is 5.69 Å². The van der Waals surface area contributed by atoms with Crippen LogP contribution in [0.5, 0.6) is 0 Å². The maximum absolute atomic E-state index is 11.7. The van der Waals surface area contributed by atoms with Crippen LogP contribution < -0.4 is 0 Å². The molecule has 0 radical (unpaired) electrons. The van der Waals surface area contributed by atoms with Crippen molar-refractivity contribution in [2.45, 2.75) is 97.8 Å². The number of aromatic nitrogens is 1. The lowest BCUT2D eigenvalue weighted by Crippen LogP contribution is -2.05. The van der Waals surface area contributed by atoms with E-state index in [1.54, 1.807) is 6.20 Å². The van der Waals surface area contributed by atoms with Crippen molar-refractivity contribution in [2.75, 3.05) is 0 Å². The van der Waals surface area contributed by atoms with Crippen LogP contribution in [0.1, 0.15) is 107 Å². The average molecular weight is 424 g/mol. The van der Waals surface area contributed by atoms with E-state index in [1.165, 1.54) is 56.9 Å². The van der Waals surface area contributed by atoms with Gasteiger partial charge >= 0.3 is 5.97 Å². The van der Waals surface area contributed by atoms with E-state index in [0.29, 0.717) is 5.92 Å². The third-order valence-corrected chi connectivity index (χ3v) is 6.26. The van der Waals surface area contributed by atoms with Crippen molar-refractivity contribution in [1.29, 1.82) is 0 Å². The number of aromatic carboxylic acids is 1. The van der Waals surface area contributed by atoms with Crippen LogP contribution in [0.15, 0.2) is 36.5 Å². The number of benzene rings is 1. The largest absolute Gasteiger partial charge is 0.476 e. The smallest absolute Gasteiger partial charge is 0.355 e. The van der Waals surface area contributed by atoms with Gasteiger partial charge in [-0.1, -0.05) is 103 Å². The second-order valence-electron chi connectivity index (χ2n) is 9.04. The van der Waals surface area contributed by atoms with Gasteiger partial charge in [0.15, 0.2) is 5.69 Å². The Balaban J connectivity index is 1.94. The third kappa shape index (κ3) is 8.85. The molecular formula is C28H41NO2. The van der Waals surface area contributed by atoms with E-state index < -0.39 is 5.97 Å². The van der Waals surface area contributed by atoms with Crippen LogP contribution in [0.4, 0.5) is 0 Å². The van der Waals surface area contributed by atoms with Crippen molar-refractivity contribution >= 4 is 5.97 Å². The van der Waals surface area contributed by atoms with Gasteiger partial charge in [0.25, 0.3) is 0 Å². The molecule has 0 spiro atoms. The molecule has 2 rings (SSSR count). The summed E-state index contributed by atoms with van der Waals surface area (Å²) in [6.45, 7) is 6.73. The molecule has 0 aliphatic heterocycles. The zero-order chi connectivity index (χ0) is 22.5. The molecule has 3 nitrogen and oxygen atoms in total. The van der Waals surface area contributed by atoms with Crippen LogP contribution in [0, 0.1) is 5.92 Å². The molecule has 1 N–H and O–H groups in total. The number of carbonyl (C=O) groups is 1. The van der Waals surface area contributed by atoms with Gasteiger partial charge in [-0.2, -0.15) is 0 Å². The topological polar surface area (TPSA) is 50.2 Å². The predicted octanol–water partition coefficient (Wildman–Crippen LogP) is 8.11. The van der Waals surface area contributed by atoms with E-state index in [2.05, 4.69) is 37.9 Å². The Hall–Kier alpha value is -2.16. The number of unbranched alkanes of at least 4 members (excludes halogenated alkanes) is 8. The van der Waals surface area contributed by atoms with Gasteiger partial charge in [-0.25, -0.2) is 9.78 Å². The highest BCUT2D eigenvalue weighted by molar-refractivity contribution is 5.94. The number of aryl methyl sites for hydroxylation is 1. The van der Waals surface area contributed by atoms with Crippen LogP contribution in [-0.4, -0.2) is 16.1 Å². The lowest BCUT2D eigenvalue weighted by Gasteiger charge is -2.11. The standard InChI is InChI=1S/C28H41NO2/c1-4-6-7-8-9-10-11-12-13-14-24-20-26(27(28(30)31)29-21-24)25-17-15-23(16-18-25)19-22(3)5-2/h15-18,20-22H,4-14,19H2,1-3H3,(H,30,31)/t22-/m0/s1. The van der Waals surface area contributed by atoms with E-state index in [0.717, 1.165) is 42.4 Å². The molecule has 1 aromatic heterocycles. The number of pyridine rings is 1. The summed E-state index contributed by atoms with van der Waals surface area (Å²) in [4.78, 5) is 16.0. The molecule has 31 heavy (non-hydrogen) atoms. The van der Waals surface area contributed by atoms with E-state index >= 15 is 0 Å². The maximum atomic E-state index is 11.7. The fourth-order valence-electron chi connectivity index (χ4n) is 4.04. The summed E-state index contributed by atoms with van der Waals surface area (Å²) >= 11 is 0. The molecule has 0 unspecified atom stereocenters. The minimum absolute atomic E-state index is 0.144. The number of nitrogens with zero attached hydrogens (tertiary/aromatic N) is 1. The van der Waals surface area contributed by atoms with Crippen LogP contribution in [0.3, 0.4) is 0 Å². The first-order chi connectivity index (χ1) is 15.0. The van der Waals surface area contributed by atoms with Gasteiger partial charge in [0.05, 0.1) is 0 Å². The molecule has 1 heterocycles. The van der Waals surface area contributed by atoms with Gasteiger partial charge in [-0.15, -0.1) is 0 Å². The summed E-state index contributed by atoms with van der Waals surface area (Å²) in [5.74, 6) is -0.310. The molecule has 1 atom stereocenters. The second-order valence-corrected chi connectivity index (χ2v) is 9.04. The van der Waals surface area contributed by atoms with Crippen molar-refractivity contribution in [3.05, 3.63) is 53.3 Å². The Morgan fingerprint density at radius 1 is 0.903 bits per heavy atom. The Kier molecular flexibility index (Phi) is 11.3. The van der Waals surface area contributed by atoms with Gasteiger partial charge < -0.3 is 5.11 Å². The highest BCUT2D eigenvalue weighted by Gasteiger charge is 2.14. The van der Waals surface area contributed by atoms with Crippen molar-refractivity contribution in [3.63, 3.8) is 0 Å². The highest BCUT2D eigenvalue weighted by Crippen LogP contribution is 2.26. The molecule has 0 fully saturated rings. The van der Waals surface area contributed by atoms with Crippen molar-refractivity contribution < 1.29 is 9.90 Å². The summed E-state index contributed by atoms with van der Waals surface area (Å²) in [6.07, 6.45) is 16.7. The average Bonchev–Trinajstić information content (AvgIpc) is 2.78. The maximum Gasteiger partial charge on any atom is 0.355 e. The molecule has 3 heteroatoms. The number of carboxylic acid groups (broad SMARTS) is 1. The Bertz CT molecular complexity index is 782. The van der Waals surface area contributed by atoms with E-state index in [4.69, 9.17) is 0 Å². The Labute approximate surface area is 189 Å². The van der Waals surface area contributed by atoms with Crippen LogP contribution in [0.2, 0.25) is 0 Å². The van der Waals surface area contributed by atoms with Gasteiger partial charge in [0.2, 0.25) is 0 Å². The number of hydrogen-bond donors (Lipinski definition) is 1. The molecule has 0 saturated carbocycles. The minimum atomic E-state index is -0.965. The summed E-state index contributed by atoms with van der Waals surface area (Å²) in [6, 6.07) is 10.4. The van der Waals surface area contributed by atoms with Crippen molar-refractivity contribution in [2.24, 2.45) is 5.92 Å². The van der Waals surface area contributed by atoms with Crippen LogP contribution in [0.25, 0.3) is 11.1 Å². The van der Waals surface area contributed by atoms with E-state index in [1.807, 2.05) is 18.2 Å². The first-order valence-electron chi connectivity index (χ1n) is 12.4. The summed E-state index contributed by atoms with van der Waals surface area (Å²) in [5.41, 5.74) is 4.24. The zero-order valence-electron chi connectivity index (χ0n) is 19.8. The van der Waals surface area contributed by atoms with E-state index in [9.17, 15) is 9.90 Å². The molecule has 170 valence electrons. The fraction of sp³-hybridized carbons (Fsp3) is 0.571. The molecule has 0 bridgehead atoms. The minimum Gasteiger partial charge on any atom is -0.476 e. The first-order valence-corrected chi connectivity index (χ1v) is 12.4. The molecule has 0 saturated heterocycles. The Morgan fingerprint density at radius 3 is 2.10 bits per heavy atom. The Morgan fingerprint density at radius 2 is 1.52 bits per heavy atom. The summed E-state index contributed by atoms with van der Waals surface area (Å²) in [5, 5.41) is 9.61. The molecule has 0 aliphatic carbocycles.